The van der Waals surface area contributed by atoms with Gasteiger partial charge in [-0.2, -0.15) is 5.10 Å². The molecule has 3 rings (SSSR count). The summed E-state index contributed by atoms with van der Waals surface area (Å²) < 4.78 is 1.81. The quantitative estimate of drug-likeness (QED) is 0.161. The van der Waals surface area contributed by atoms with Crippen LogP contribution in [0, 0.1) is 0 Å². The first-order chi connectivity index (χ1) is 14.5. The van der Waals surface area contributed by atoms with Crippen molar-refractivity contribution in [2.24, 2.45) is 4.99 Å². The van der Waals surface area contributed by atoms with Gasteiger partial charge < -0.3 is 21.1 Å². The molecule has 0 radical (unpaired) electrons. The fraction of sp³-hybridized carbons (Fsp3) is 0.227. The summed E-state index contributed by atoms with van der Waals surface area (Å²) in [7, 11) is 0. The van der Waals surface area contributed by atoms with E-state index in [9.17, 15) is 9.90 Å². The average Bonchev–Trinajstić information content (AvgIpc) is 3.29. The number of anilines is 1. The topological polar surface area (TPSA) is 104 Å². The van der Waals surface area contributed by atoms with E-state index in [4.69, 9.17) is 0 Å². The minimum atomic E-state index is -0.244. The molecule has 0 spiro atoms. The second-order valence-electron chi connectivity index (χ2n) is 6.70. The van der Waals surface area contributed by atoms with E-state index in [-0.39, 0.29) is 48.2 Å². The van der Waals surface area contributed by atoms with Gasteiger partial charge in [0, 0.05) is 24.6 Å². The first-order valence-electron chi connectivity index (χ1n) is 9.79. The Morgan fingerprint density at radius 3 is 2.65 bits per heavy atom. The predicted octanol–water partition coefficient (Wildman–Crippen LogP) is 3.45. The maximum absolute atomic E-state index is 12.2. The van der Waals surface area contributed by atoms with Gasteiger partial charge in [-0.3, -0.25) is 4.79 Å². The second-order valence-corrected chi connectivity index (χ2v) is 6.70. The number of rotatable bonds is 7. The zero-order valence-electron chi connectivity index (χ0n) is 17.4. The van der Waals surface area contributed by atoms with Crippen LogP contribution >= 0.6 is 24.0 Å². The van der Waals surface area contributed by atoms with E-state index in [1.54, 1.807) is 18.3 Å². The highest BCUT2D eigenvalue weighted by Gasteiger charge is 2.10. The number of carbonyl (C=O) groups excluding carboxylic acids is 1. The van der Waals surface area contributed by atoms with Gasteiger partial charge in [0.1, 0.15) is 12.3 Å². The van der Waals surface area contributed by atoms with E-state index < -0.39 is 0 Å². The minimum absolute atomic E-state index is 0. The summed E-state index contributed by atoms with van der Waals surface area (Å²) in [6, 6.07) is 16.2. The number of aromatic hydroxyl groups is 1. The number of phenols is 1. The van der Waals surface area contributed by atoms with E-state index in [0.717, 1.165) is 11.3 Å². The molecule has 1 unspecified atom stereocenters. The number of amides is 1. The molecule has 1 heterocycles. The third kappa shape index (κ3) is 7.28. The van der Waals surface area contributed by atoms with Gasteiger partial charge in [-0.05, 0) is 61.9 Å². The summed E-state index contributed by atoms with van der Waals surface area (Å²) in [5.41, 5.74) is 2.65. The number of hydrogen-bond donors (Lipinski definition) is 4. The molecule has 164 valence electrons. The third-order valence-electron chi connectivity index (χ3n) is 4.37. The van der Waals surface area contributed by atoms with E-state index >= 15 is 0 Å². The Kier molecular flexibility index (Phi) is 9.32. The Bertz CT molecular complexity index is 990. The first kappa shape index (κ1) is 24.2. The highest BCUT2D eigenvalue weighted by Crippen LogP contribution is 2.16. The number of halogens is 1. The van der Waals surface area contributed by atoms with Crippen LogP contribution in [0.25, 0.3) is 5.69 Å². The molecule has 0 aliphatic carbocycles. The zero-order valence-corrected chi connectivity index (χ0v) is 19.8. The summed E-state index contributed by atoms with van der Waals surface area (Å²) >= 11 is 0. The number of carbonyl (C=O) groups is 1. The third-order valence-corrected chi connectivity index (χ3v) is 4.37. The lowest BCUT2D eigenvalue weighted by Gasteiger charge is -2.19. The lowest BCUT2D eigenvalue weighted by atomic mass is 10.1. The van der Waals surface area contributed by atoms with Gasteiger partial charge in [-0.1, -0.05) is 12.1 Å². The monoisotopic (exact) mass is 534 g/mol. The summed E-state index contributed by atoms with van der Waals surface area (Å²) in [5, 5.41) is 22.8. The van der Waals surface area contributed by atoms with Gasteiger partial charge in [0.25, 0.3) is 0 Å². The second kappa shape index (κ2) is 11.9. The van der Waals surface area contributed by atoms with Crippen LogP contribution in [0.2, 0.25) is 0 Å². The van der Waals surface area contributed by atoms with Gasteiger partial charge in [0.05, 0.1) is 11.7 Å². The van der Waals surface area contributed by atoms with Gasteiger partial charge in [0.15, 0.2) is 5.96 Å². The Morgan fingerprint density at radius 1 is 1.19 bits per heavy atom. The molecule has 2 aromatic carbocycles. The van der Waals surface area contributed by atoms with Crippen molar-refractivity contribution < 1.29 is 9.90 Å². The van der Waals surface area contributed by atoms with Crippen LogP contribution in [0.1, 0.15) is 25.5 Å². The minimum Gasteiger partial charge on any atom is -0.508 e. The molecule has 1 amide bonds. The van der Waals surface area contributed by atoms with E-state index in [0.29, 0.717) is 18.2 Å². The van der Waals surface area contributed by atoms with Crippen LogP contribution in [0.15, 0.2) is 72.0 Å². The molecular weight excluding hydrogens is 507 g/mol. The molecular formula is C22H27IN6O2. The Morgan fingerprint density at radius 2 is 1.97 bits per heavy atom. The molecule has 1 atom stereocenters. The van der Waals surface area contributed by atoms with E-state index in [1.165, 1.54) is 12.1 Å². The van der Waals surface area contributed by atoms with Crippen molar-refractivity contribution in [2.45, 2.75) is 19.9 Å². The summed E-state index contributed by atoms with van der Waals surface area (Å²) in [5.74, 6) is 0.455. The molecule has 0 saturated carbocycles. The van der Waals surface area contributed by atoms with Crippen LogP contribution in [-0.4, -0.2) is 39.8 Å². The molecule has 3 aromatic rings. The van der Waals surface area contributed by atoms with E-state index in [1.807, 2.05) is 49.0 Å². The largest absolute Gasteiger partial charge is 0.508 e. The molecule has 0 saturated heterocycles. The molecule has 0 bridgehead atoms. The first-order valence-corrected chi connectivity index (χ1v) is 9.79. The summed E-state index contributed by atoms with van der Waals surface area (Å²) in [6.45, 7) is 4.64. The Balaban J connectivity index is 0.00000341. The van der Waals surface area contributed by atoms with Crippen molar-refractivity contribution in [3.8, 4) is 11.4 Å². The maximum Gasteiger partial charge on any atom is 0.246 e. The number of guanidine groups is 1. The zero-order chi connectivity index (χ0) is 21.3. The van der Waals surface area contributed by atoms with Crippen LogP contribution in [0.3, 0.4) is 0 Å². The molecule has 0 fully saturated rings. The number of nitrogens with zero attached hydrogens (tertiary/aromatic N) is 3. The van der Waals surface area contributed by atoms with Gasteiger partial charge in [-0.25, -0.2) is 9.67 Å². The van der Waals surface area contributed by atoms with Crippen molar-refractivity contribution in [3.63, 3.8) is 0 Å². The van der Waals surface area contributed by atoms with E-state index in [2.05, 4.69) is 32.1 Å². The smallest absolute Gasteiger partial charge is 0.246 e. The fourth-order valence-corrected chi connectivity index (χ4v) is 2.86. The Labute approximate surface area is 198 Å². The molecule has 4 N–H and O–H groups in total. The lowest BCUT2D eigenvalue weighted by Crippen LogP contribution is -2.39. The molecule has 9 heteroatoms. The van der Waals surface area contributed by atoms with Crippen molar-refractivity contribution >= 4 is 41.5 Å². The summed E-state index contributed by atoms with van der Waals surface area (Å²) in [4.78, 5) is 16.6. The molecule has 8 nitrogen and oxygen atoms in total. The van der Waals surface area contributed by atoms with Crippen LogP contribution in [0.5, 0.6) is 5.75 Å². The predicted molar refractivity (Wildman–Crippen MR) is 133 cm³/mol. The van der Waals surface area contributed by atoms with Crippen LogP contribution in [-0.2, 0) is 4.79 Å². The van der Waals surface area contributed by atoms with Crippen molar-refractivity contribution in [2.75, 3.05) is 18.4 Å². The van der Waals surface area contributed by atoms with Gasteiger partial charge in [-0.15, -0.1) is 24.0 Å². The van der Waals surface area contributed by atoms with Crippen molar-refractivity contribution in [1.29, 1.82) is 0 Å². The standard InChI is InChI=1S/C22H26N6O2.HI/c1-3-23-22(24-15-21(30)27-18-8-10-20(29)11-9-18)26-16(2)17-6-4-7-19(14-17)28-13-5-12-25-28;/h4-14,16,29H,3,15H2,1-2H3,(H,27,30)(H2,23,24,26);1H. The number of aliphatic imine (C=N–C) groups is 1. The highest BCUT2D eigenvalue weighted by molar-refractivity contribution is 14.0. The van der Waals surface area contributed by atoms with Crippen molar-refractivity contribution in [1.82, 2.24) is 20.4 Å². The molecule has 0 aliphatic heterocycles. The highest BCUT2D eigenvalue weighted by atomic mass is 127. The molecule has 1 aromatic heterocycles. The van der Waals surface area contributed by atoms with Crippen LogP contribution in [0.4, 0.5) is 5.69 Å². The molecule has 31 heavy (non-hydrogen) atoms. The number of phenolic OH excluding ortho intramolecular Hbond substituents is 1. The van der Waals surface area contributed by atoms with Gasteiger partial charge in [0.2, 0.25) is 5.91 Å². The number of benzene rings is 2. The SMILES string of the molecule is CCNC(=NCC(=O)Nc1ccc(O)cc1)NC(C)c1cccc(-n2cccn2)c1.I. The number of hydrogen-bond acceptors (Lipinski definition) is 4. The maximum atomic E-state index is 12.2. The van der Waals surface area contributed by atoms with Crippen molar-refractivity contribution in [3.05, 3.63) is 72.6 Å². The normalized spacial score (nSPS) is 11.9. The van der Waals surface area contributed by atoms with Gasteiger partial charge >= 0.3 is 0 Å². The molecule has 0 aliphatic rings. The Hall–Kier alpha value is -3.08. The lowest BCUT2D eigenvalue weighted by molar-refractivity contribution is -0.114. The fourth-order valence-electron chi connectivity index (χ4n) is 2.86. The number of nitrogens with one attached hydrogen (secondary N) is 3. The average molecular weight is 534 g/mol. The number of aromatic nitrogens is 2. The van der Waals surface area contributed by atoms with Crippen LogP contribution < -0.4 is 16.0 Å². The summed E-state index contributed by atoms with van der Waals surface area (Å²) in [6.07, 6.45) is 3.64.